The molecule has 0 radical (unpaired) electrons. The van der Waals surface area contributed by atoms with Crippen molar-refractivity contribution in [2.45, 2.75) is 31.9 Å². The number of benzene rings is 2. The Morgan fingerprint density at radius 2 is 2.00 bits per heavy atom. The summed E-state index contributed by atoms with van der Waals surface area (Å²) in [6, 6.07) is 15.4. The maximum Gasteiger partial charge on any atom is 0.146 e. The summed E-state index contributed by atoms with van der Waals surface area (Å²) in [7, 11) is 0. The SMILES string of the molecule is Cc1cccc2c1OC1c3ccccc3CCC1N2. The van der Waals surface area contributed by atoms with Gasteiger partial charge in [0, 0.05) is 0 Å². The third-order valence-electron chi connectivity index (χ3n) is 4.25. The van der Waals surface area contributed by atoms with Crippen molar-refractivity contribution in [3.8, 4) is 5.75 Å². The average molecular weight is 251 g/mol. The fraction of sp³-hybridized carbons (Fsp3) is 0.294. The lowest BCUT2D eigenvalue weighted by Crippen LogP contribution is -2.38. The molecule has 2 nitrogen and oxygen atoms in total. The number of rotatable bonds is 0. The van der Waals surface area contributed by atoms with E-state index in [1.807, 2.05) is 0 Å². The molecule has 0 amide bonds. The number of fused-ring (bicyclic) bond motifs is 4. The van der Waals surface area contributed by atoms with Gasteiger partial charge in [0.25, 0.3) is 0 Å². The molecule has 96 valence electrons. The van der Waals surface area contributed by atoms with Gasteiger partial charge in [-0.05, 0) is 42.5 Å². The summed E-state index contributed by atoms with van der Waals surface area (Å²) in [6.07, 6.45) is 2.42. The van der Waals surface area contributed by atoms with Crippen LogP contribution in [0.4, 0.5) is 5.69 Å². The van der Waals surface area contributed by atoms with Gasteiger partial charge in [-0.3, -0.25) is 0 Å². The number of anilines is 1. The monoisotopic (exact) mass is 251 g/mol. The highest BCUT2D eigenvalue weighted by molar-refractivity contribution is 5.63. The van der Waals surface area contributed by atoms with E-state index in [0.717, 1.165) is 24.3 Å². The minimum Gasteiger partial charge on any atom is -0.481 e. The zero-order valence-corrected chi connectivity index (χ0v) is 11.0. The Labute approximate surface area is 113 Å². The minimum atomic E-state index is 0.151. The summed E-state index contributed by atoms with van der Waals surface area (Å²) < 4.78 is 6.33. The molecular formula is C17H17NO. The molecule has 4 rings (SSSR count). The number of nitrogens with one attached hydrogen (secondary N) is 1. The number of hydrogen-bond acceptors (Lipinski definition) is 2. The van der Waals surface area contributed by atoms with E-state index in [2.05, 4.69) is 54.7 Å². The fourth-order valence-corrected chi connectivity index (χ4v) is 3.26. The highest BCUT2D eigenvalue weighted by atomic mass is 16.5. The van der Waals surface area contributed by atoms with E-state index in [0.29, 0.717) is 6.04 Å². The van der Waals surface area contributed by atoms with Crippen molar-refractivity contribution >= 4 is 5.69 Å². The highest BCUT2D eigenvalue weighted by Crippen LogP contribution is 2.43. The Bertz CT molecular complexity index is 635. The topological polar surface area (TPSA) is 21.3 Å². The lowest BCUT2D eigenvalue weighted by Gasteiger charge is -2.39. The van der Waals surface area contributed by atoms with E-state index >= 15 is 0 Å². The van der Waals surface area contributed by atoms with Crippen molar-refractivity contribution in [1.82, 2.24) is 0 Å². The molecule has 1 aliphatic carbocycles. The summed E-state index contributed by atoms with van der Waals surface area (Å²) in [5.74, 6) is 1.01. The first-order valence-electron chi connectivity index (χ1n) is 6.93. The van der Waals surface area contributed by atoms with Crippen molar-refractivity contribution < 1.29 is 4.74 Å². The molecule has 2 aromatic rings. The van der Waals surface area contributed by atoms with E-state index in [-0.39, 0.29) is 6.10 Å². The van der Waals surface area contributed by atoms with Gasteiger partial charge in [0.05, 0.1) is 11.7 Å². The quantitative estimate of drug-likeness (QED) is 0.767. The molecule has 1 N–H and O–H groups in total. The van der Waals surface area contributed by atoms with E-state index in [9.17, 15) is 0 Å². The van der Waals surface area contributed by atoms with Crippen LogP contribution in [-0.2, 0) is 6.42 Å². The van der Waals surface area contributed by atoms with Crippen molar-refractivity contribution in [2.75, 3.05) is 5.32 Å². The third kappa shape index (κ3) is 1.63. The van der Waals surface area contributed by atoms with Gasteiger partial charge in [-0.2, -0.15) is 0 Å². The van der Waals surface area contributed by atoms with Gasteiger partial charge in [-0.25, -0.2) is 0 Å². The first-order chi connectivity index (χ1) is 9.33. The molecule has 19 heavy (non-hydrogen) atoms. The van der Waals surface area contributed by atoms with Crippen LogP contribution in [-0.4, -0.2) is 6.04 Å². The summed E-state index contributed by atoms with van der Waals surface area (Å²) in [6.45, 7) is 2.11. The molecule has 0 fully saturated rings. The predicted molar refractivity (Wildman–Crippen MR) is 76.7 cm³/mol. The molecule has 2 aliphatic rings. The second-order valence-corrected chi connectivity index (χ2v) is 5.48. The Balaban J connectivity index is 1.81. The highest BCUT2D eigenvalue weighted by Gasteiger charge is 2.35. The van der Waals surface area contributed by atoms with Crippen molar-refractivity contribution in [3.63, 3.8) is 0 Å². The largest absolute Gasteiger partial charge is 0.481 e. The normalized spacial score (nSPS) is 23.4. The van der Waals surface area contributed by atoms with Gasteiger partial charge < -0.3 is 10.1 Å². The predicted octanol–water partition coefficient (Wildman–Crippen LogP) is 3.86. The zero-order valence-electron chi connectivity index (χ0n) is 11.0. The first-order valence-corrected chi connectivity index (χ1v) is 6.93. The molecule has 0 spiro atoms. The van der Waals surface area contributed by atoms with Crippen molar-refractivity contribution in [2.24, 2.45) is 0 Å². The van der Waals surface area contributed by atoms with Crippen molar-refractivity contribution in [1.29, 1.82) is 0 Å². The number of aryl methyl sites for hydroxylation is 2. The molecule has 2 aromatic carbocycles. The molecule has 0 saturated carbocycles. The summed E-state index contributed by atoms with van der Waals surface area (Å²) in [4.78, 5) is 0. The molecule has 2 heteroatoms. The van der Waals surface area contributed by atoms with Gasteiger partial charge in [0.15, 0.2) is 0 Å². The van der Waals surface area contributed by atoms with Crippen LogP contribution in [0.3, 0.4) is 0 Å². The van der Waals surface area contributed by atoms with E-state index in [4.69, 9.17) is 4.74 Å². The molecule has 0 bridgehead atoms. The number of para-hydroxylation sites is 1. The first kappa shape index (κ1) is 10.9. The maximum atomic E-state index is 6.33. The third-order valence-corrected chi connectivity index (χ3v) is 4.25. The standard InChI is InChI=1S/C17H17NO/c1-11-5-4-8-14-16(11)19-17-13-7-3-2-6-12(13)9-10-15(17)18-14/h2-8,15,17-18H,9-10H2,1H3. The smallest absolute Gasteiger partial charge is 0.146 e. The van der Waals surface area contributed by atoms with Crippen molar-refractivity contribution in [3.05, 3.63) is 59.2 Å². The van der Waals surface area contributed by atoms with Crippen LogP contribution < -0.4 is 10.1 Å². The number of hydrogen-bond donors (Lipinski definition) is 1. The van der Waals surface area contributed by atoms with Crippen LogP contribution >= 0.6 is 0 Å². The van der Waals surface area contributed by atoms with Gasteiger partial charge in [-0.1, -0.05) is 36.4 Å². The van der Waals surface area contributed by atoms with Crippen LogP contribution in [0.25, 0.3) is 0 Å². The molecule has 2 unspecified atom stereocenters. The minimum absolute atomic E-state index is 0.151. The Kier molecular flexibility index (Phi) is 2.31. The average Bonchev–Trinajstić information content (AvgIpc) is 2.46. The molecule has 1 aliphatic heterocycles. The molecule has 0 aromatic heterocycles. The molecule has 0 saturated heterocycles. The van der Waals surface area contributed by atoms with Crippen LogP contribution in [0, 0.1) is 6.92 Å². The van der Waals surface area contributed by atoms with Crippen LogP contribution in [0.5, 0.6) is 5.75 Å². The summed E-state index contributed by atoms with van der Waals surface area (Å²) in [5, 5.41) is 3.66. The number of ether oxygens (including phenoxy) is 1. The molecule has 1 heterocycles. The van der Waals surface area contributed by atoms with E-state index in [1.165, 1.54) is 16.7 Å². The summed E-state index contributed by atoms with van der Waals surface area (Å²) >= 11 is 0. The lowest BCUT2D eigenvalue weighted by atomic mass is 9.84. The zero-order chi connectivity index (χ0) is 12.8. The van der Waals surface area contributed by atoms with Gasteiger partial charge >= 0.3 is 0 Å². The Morgan fingerprint density at radius 3 is 2.95 bits per heavy atom. The molecular weight excluding hydrogens is 234 g/mol. The fourth-order valence-electron chi connectivity index (χ4n) is 3.26. The van der Waals surface area contributed by atoms with Crippen LogP contribution in [0.1, 0.15) is 29.2 Å². The lowest BCUT2D eigenvalue weighted by molar-refractivity contribution is 0.156. The second-order valence-electron chi connectivity index (χ2n) is 5.48. The van der Waals surface area contributed by atoms with Gasteiger partial charge in [0.2, 0.25) is 0 Å². The Hall–Kier alpha value is -1.96. The van der Waals surface area contributed by atoms with E-state index < -0.39 is 0 Å². The van der Waals surface area contributed by atoms with Gasteiger partial charge in [0.1, 0.15) is 11.9 Å². The van der Waals surface area contributed by atoms with E-state index in [1.54, 1.807) is 0 Å². The second kappa shape index (κ2) is 4.02. The van der Waals surface area contributed by atoms with Crippen LogP contribution in [0.15, 0.2) is 42.5 Å². The summed E-state index contributed by atoms with van der Waals surface area (Å²) in [5.41, 5.74) is 5.12. The molecule has 2 atom stereocenters. The van der Waals surface area contributed by atoms with Crippen LogP contribution in [0.2, 0.25) is 0 Å². The van der Waals surface area contributed by atoms with Gasteiger partial charge in [-0.15, -0.1) is 0 Å². The Morgan fingerprint density at radius 1 is 1.11 bits per heavy atom. The maximum absolute atomic E-state index is 6.33.